The van der Waals surface area contributed by atoms with Gasteiger partial charge < -0.3 is 30.4 Å². The van der Waals surface area contributed by atoms with Gasteiger partial charge in [-0.3, -0.25) is 9.36 Å². The van der Waals surface area contributed by atoms with Crippen LogP contribution in [0.5, 0.6) is 0 Å². The Morgan fingerprint density at radius 3 is 2.75 bits per heavy atom. The van der Waals surface area contributed by atoms with Crippen molar-refractivity contribution in [3.63, 3.8) is 0 Å². The first-order valence-electron chi connectivity index (χ1n) is 9.46. The predicted molar refractivity (Wildman–Crippen MR) is 100 cm³/mol. The Morgan fingerprint density at radius 2 is 2.06 bits per heavy atom. The Labute approximate surface area is 179 Å². The Bertz CT molecular complexity index is 1110. The fourth-order valence-electron chi connectivity index (χ4n) is 3.56. The van der Waals surface area contributed by atoms with Gasteiger partial charge in [0.2, 0.25) is 5.82 Å². The van der Waals surface area contributed by atoms with E-state index in [-0.39, 0.29) is 29.4 Å². The van der Waals surface area contributed by atoms with E-state index in [0.29, 0.717) is 0 Å². The van der Waals surface area contributed by atoms with Gasteiger partial charge in [-0.15, -0.1) is 0 Å². The number of aliphatic hydroxyl groups excluding tert-OH is 1. The number of aromatic nitrogens is 4. The van der Waals surface area contributed by atoms with Crippen molar-refractivity contribution < 1.29 is 37.3 Å². The summed E-state index contributed by atoms with van der Waals surface area (Å²) in [4.78, 5) is 23.3. The molecule has 4 N–H and O–H groups in total. The molecule has 2 unspecified atom stereocenters. The lowest BCUT2D eigenvalue weighted by Gasteiger charge is -2.24. The lowest BCUT2D eigenvalue weighted by molar-refractivity contribution is -0.199. The number of carbonyl (C=O) groups excluding carboxylic acids is 1. The van der Waals surface area contributed by atoms with Crippen LogP contribution in [0.3, 0.4) is 0 Å². The molecule has 172 valence electrons. The maximum absolute atomic E-state index is 12.2. The molecule has 0 aliphatic carbocycles. The average molecular weight is 456 g/mol. The number of hydrogen-bond donors (Lipinski definition) is 3. The highest BCUT2D eigenvalue weighted by Crippen LogP contribution is 2.43. The van der Waals surface area contributed by atoms with E-state index >= 15 is 0 Å². The lowest BCUT2D eigenvalue weighted by atomic mass is 10.1. The molecule has 11 nitrogen and oxygen atoms in total. The molecule has 0 radical (unpaired) electrons. The summed E-state index contributed by atoms with van der Waals surface area (Å²) in [5.74, 6) is 1.72. The van der Waals surface area contributed by atoms with E-state index < -0.39 is 49.0 Å². The third kappa shape index (κ3) is 4.07. The first-order valence-corrected chi connectivity index (χ1v) is 9.46. The molecule has 4 rings (SSSR count). The fraction of sp³-hybridized carbons (Fsp3) is 0.556. The van der Waals surface area contributed by atoms with E-state index in [4.69, 9.17) is 19.9 Å². The quantitative estimate of drug-likeness (QED) is 0.537. The number of ether oxygens (including phenoxy) is 3. The standard InChI is InChI=1S/C18H19F3N6O5/c1-17(2)31-11-8(6-28)30-15(12(11)32-17)27-7-24-10-13(22)25-9(26-14(10)27)4-3-5-23-16(29)18(19,20)21/h7-8,11-12,15,28H,5-6H2,1-2H3,(H,23,29)(H2,22,25,26)/t8-,11?,12?,15-/m0/s1. The van der Waals surface area contributed by atoms with Gasteiger partial charge in [-0.05, 0) is 19.8 Å². The smallest absolute Gasteiger partial charge is 0.394 e. The highest BCUT2D eigenvalue weighted by atomic mass is 19.4. The van der Waals surface area contributed by atoms with Gasteiger partial charge >= 0.3 is 12.1 Å². The van der Waals surface area contributed by atoms with Crippen molar-refractivity contribution >= 4 is 22.9 Å². The van der Waals surface area contributed by atoms with Crippen LogP contribution in [0.15, 0.2) is 6.33 Å². The second-order valence-corrected chi connectivity index (χ2v) is 7.55. The van der Waals surface area contributed by atoms with Gasteiger partial charge in [0.1, 0.15) is 23.8 Å². The molecule has 2 aromatic rings. The summed E-state index contributed by atoms with van der Waals surface area (Å²) in [5, 5.41) is 11.3. The minimum Gasteiger partial charge on any atom is -0.394 e. The summed E-state index contributed by atoms with van der Waals surface area (Å²) >= 11 is 0. The van der Waals surface area contributed by atoms with Crippen molar-refractivity contribution in [3.05, 3.63) is 12.2 Å². The van der Waals surface area contributed by atoms with Crippen LogP contribution in [0.25, 0.3) is 11.2 Å². The lowest BCUT2D eigenvalue weighted by Crippen LogP contribution is -2.36. The number of halogens is 3. The van der Waals surface area contributed by atoms with Gasteiger partial charge in [-0.2, -0.15) is 13.2 Å². The number of aliphatic hydroxyl groups is 1. The van der Waals surface area contributed by atoms with Crippen LogP contribution >= 0.6 is 0 Å². The molecule has 2 aromatic heterocycles. The summed E-state index contributed by atoms with van der Waals surface area (Å²) in [5.41, 5.74) is 6.44. The van der Waals surface area contributed by atoms with Crippen molar-refractivity contribution in [2.24, 2.45) is 0 Å². The zero-order chi connectivity index (χ0) is 23.3. The van der Waals surface area contributed by atoms with Crippen molar-refractivity contribution in [2.45, 2.75) is 50.4 Å². The van der Waals surface area contributed by atoms with Crippen LogP contribution in [0.4, 0.5) is 19.0 Å². The zero-order valence-corrected chi connectivity index (χ0v) is 16.9. The SMILES string of the molecule is CC1(C)OC2C(O1)[C@@H](n1cnc3c(N)nc(C#CCNC(=O)C(F)(F)F)nc31)O[C@H]2CO. The molecule has 32 heavy (non-hydrogen) atoms. The third-order valence-corrected chi connectivity index (χ3v) is 4.82. The van der Waals surface area contributed by atoms with E-state index in [9.17, 15) is 23.1 Å². The number of nitrogen functional groups attached to an aromatic ring is 1. The number of hydrogen-bond acceptors (Lipinski definition) is 9. The van der Waals surface area contributed by atoms with Gasteiger partial charge in [0.05, 0.1) is 19.5 Å². The number of amides is 1. The molecule has 2 saturated heterocycles. The molecular weight excluding hydrogens is 437 g/mol. The Balaban J connectivity index is 1.61. The molecule has 0 saturated carbocycles. The topological polar surface area (TPSA) is 147 Å². The summed E-state index contributed by atoms with van der Waals surface area (Å²) in [7, 11) is 0. The molecule has 0 aromatic carbocycles. The van der Waals surface area contributed by atoms with Crippen molar-refractivity contribution in [1.82, 2.24) is 24.8 Å². The average Bonchev–Trinajstić information content (AvgIpc) is 3.34. The Kier molecular flexibility index (Phi) is 5.45. The number of carbonyl (C=O) groups is 1. The molecule has 2 aliphatic heterocycles. The van der Waals surface area contributed by atoms with E-state index in [0.717, 1.165) is 0 Å². The second kappa shape index (κ2) is 7.85. The first-order chi connectivity index (χ1) is 15.0. The number of fused-ring (bicyclic) bond motifs is 2. The van der Waals surface area contributed by atoms with Gasteiger partial charge in [-0.25, -0.2) is 15.0 Å². The summed E-state index contributed by atoms with van der Waals surface area (Å²) in [6.07, 6.45) is -6.05. The van der Waals surface area contributed by atoms with E-state index in [2.05, 4.69) is 26.8 Å². The van der Waals surface area contributed by atoms with E-state index in [1.165, 1.54) is 6.33 Å². The molecule has 0 bridgehead atoms. The summed E-state index contributed by atoms with van der Waals surface area (Å²) in [6.45, 7) is 2.64. The van der Waals surface area contributed by atoms with Crippen LogP contribution in [-0.4, -0.2) is 74.0 Å². The molecule has 4 atom stereocenters. The number of imidazole rings is 1. The third-order valence-electron chi connectivity index (χ3n) is 4.82. The summed E-state index contributed by atoms with van der Waals surface area (Å²) in [6, 6.07) is 0. The minimum atomic E-state index is -5.00. The first kappa shape index (κ1) is 22.2. The van der Waals surface area contributed by atoms with Gasteiger partial charge in [0, 0.05) is 0 Å². The Morgan fingerprint density at radius 1 is 1.34 bits per heavy atom. The summed E-state index contributed by atoms with van der Waals surface area (Å²) < 4.78 is 55.9. The molecule has 1 amide bonds. The maximum Gasteiger partial charge on any atom is 0.471 e. The van der Waals surface area contributed by atoms with Crippen LogP contribution in [-0.2, 0) is 19.0 Å². The highest BCUT2D eigenvalue weighted by Gasteiger charge is 2.56. The number of anilines is 1. The molecule has 2 fully saturated rings. The van der Waals surface area contributed by atoms with Crippen LogP contribution in [0.1, 0.15) is 25.9 Å². The molecular formula is C18H19F3N6O5. The van der Waals surface area contributed by atoms with Gasteiger partial charge in [0.25, 0.3) is 0 Å². The number of nitrogens with one attached hydrogen (secondary N) is 1. The van der Waals surface area contributed by atoms with E-state index in [1.54, 1.807) is 23.7 Å². The number of nitrogens with zero attached hydrogens (tertiary/aromatic N) is 4. The Hall–Kier alpha value is -2.99. The monoisotopic (exact) mass is 456 g/mol. The van der Waals surface area contributed by atoms with Crippen molar-refractivity contribution in [1.29, 1.82) is 0 Å². The number of nitrogens with two attached hydrogens (primary N) is 1. The van der Waals surface area contributed by atoms with Crippen LogP contribution in [0.2, 0.25) is 0 Å². The van der Waals surface area contributed by atoms with Gasteiger partial charge in [-0.1, -0.05) is 5.92 Å². The van der Waals surface area contributed by atoms with Crippen LogP contribution < -0.4 is 11.1 Å². The largest absolute Gasteiger partial charge is 0.471 e. The molecule has 14 heteroatoms. The normalized spacial score (nSPS) is 26.6. The predicted octanol–water partition coefficient (Wildman–Crippen LogP) is -0.152. The zero-order valence-electron chi connectivity index (χ0n) is 16.9. The number of alkyl halides is 3. The fourth-order valence-corrected chi connectivity index (χ4v) is 3.56. The molecule has 0 spiro atoms. The molecule has 2 aliphatic rings. The van der Waals surface area contributed by atoms with Gasteiger partial charge in [0.15, 0.2) is 23.5 Å². The highest BCUT2D eigenvalue weighted by molar-refractivity contribution is 5.82. The molecule has 4 heterocycles. The van der Waals surface area contributed by atoms with Crippen molar-refractivity contribution in [2.75, 3.05) is 18.9 Å². The second-order valence-electron chi connectivity index (χ2n) is 7.55. The van der Waals surface area contributed by atoms with Crippen molar-refractivity contribution in [3.8, 4) is 11.8 Å². The minimum absolute atomic E-state index is 0.00504. The van der Waals surface area contributed by atoms with Crippen LogP contribution in [0, 0.1) is 11.8 Å². The number of rotatable bonds is 3. The maximum atomic E-state index is 12.2. The van der Waals surface area contributed by atoms with E-state index in [1.807, 2.05) is 0 Å².